The van der Waals surface area contributed by atoms with Gasteiger partial charge in [0, 0.05) is 38.6 Å². The Balaban J connectivity index is 1.67. The summed E-state index contributed by atoms with van der Waals surface area (Å²) in [6.07, 6.45) is 4.61. The van der Waals surface area contributed by atoms with Gasteiger partial charge in [-0.25, -0.2) is 12.7 Å². The zero-order valence-corrected chi connectivity index (χ0v) is 16.3. The molecule has 1 aromatic carbocycles. The summed E-state index contributed by atoms with van der Waals surface area (Å²) in [5.41, 5.74) is 1.52. The van der Waals surface area contributed by atoms with Gasteiger partial charge in [0.2, 0.25) is 10.0 Å². The Morgan fingerprint density at radius 2 is 1.85 bits per heavy atom. The van der Waals surface area contributed by atoms with Crippen molar-refractivity contribution in [2.75, 3.05) is 32.4 Å². The monoisotopic (exact) mass is 380 g/mol. The minimum absolute atomic E-state index is 0.0816. The number of benzene rings is 1. The van der Waals surface area contributed by atoms with Crippen molar-refractivity contribution in [2.24, 2.45) is 11.3 Å². The third kappa shape index (κ3) is 3.80. The van der Waals surface area contributed by atoms with Crippen LogP contribution in [-0.2, 0) is 27.8 Å². The molecular formula is C19H28N2O4S. The van der Waals surface area contributed by atoms with Crippen molar-refractivity contribution in [1.82, 2.24) is 9.21 Å². The normalized spacial score (nSPS) is 26.9. The Bertz CT molecular complexity index is 762. The van der Waals surface area contributed by atoms with E-state index in [1.54, 1.807) is 0 Å². The van der Waals surface area contributed by atoms with Gasteiger partial charge in [-0.05, 0) is 24.0 Å². The van der Waals surface area contributed by atoms with Crippen LogP contribution < -0.4 is 0 Å². The van der Waals surface area contributed by atoms with Crippen LogP contribution >= 0.6 is 0 Å². The van der Waals surface area contributed by atoms with Crippen molar-refractivity contribution in [2.45, 2.75) is 32.7 Å². The van der Waals surface area contributed by atoms with E-state index in [2.05, 4.69) is 36.1 Å². The van der Waals surface area contributed by atoms with Gasteiger partial charge in [0.25, 0.3) is 0 Å². The van der Waals surface area contributed by atoms with Gasteiger partial charge in [-0.1, -0.05) is 37.6 Å². The molecule has 1 N–H and O–H groups in total. The fourth-order valence-electron chi connectivity index (χ4n) is 4.25. The summed E-state index contributed by atoms with van der Waals surface area (Å²) in [7, 11) is -3.35. The first kappa shape index (κ1) is 19.3. The molecule has 2 atom stereocenters. The Morgan fingerprint density at radius 1 is 1.19 bits per heavy atom. The molecule has 0 aromatic heterocycles. The fourth-order valence-corrected chi connectivity index (χ4v) is 5.16. The van der Waals surface area contributed by atoms with Gasteiger partial charge in [0.15, 0.2) is 0 Å². The Labute approximate surface area is 155 Å². The molecule has 2 heterocycles. The number of hydrogen-bond acceptors (Lipinski definition) is 4. The van der Waals surface area contributed by atoms with Crippen LogP contribution in [0.3, 0.4) is 0 Å². The molecule has 0 aliphatic carbocycles. The molecule has 2 fully saturated rings. The topological polar surface area (TPSA) is 77.9 Å². The molecule has 26 heavy (non-hydrogen) atoms. The van der Waals surface area contributed by atoms with E-state index in [0.29, 0.717) is 26.2 Å². The first-order valence-electron chi connectivity index (χ1n) is 9.23. The Kier molecular flexibility index (Phi) is 5.42. The number of carbonyl (C=O) groups is 1. The number of likely N-dealkylation sites (tertiary alicyclic amines) is 1. The average molecular weight is 381 g/mol. The maximum Gasteiger partial charge on any atom is 0.312 e. The minimum Gasteiger partial charge on any atom is -0.481 e. The van der Waals surface area contributed by atoms with E-state index in [4.69, 9.17) is 0 Å². The number of carboxylic acids is 1. The number of sulfonamides is 1. The van der Waals surface area contributed by atoms with Crippen LogP contribution in [0.1, 0.15) is 30.9 Å². The van der Waals surface area contributed by atoms with Gasteiger partial charge in [-0.2, -0.15) is 0 Å². The van der Waals surface area contributed by atoms with Crippen molar-refractivity contribution in [1.29, 1.82) is 0 Å². The smallest absolute Gasteiger partial charge is 0.312 e. The number of unbranched alkanes of at least 4 members (excludes halogenated alkanes) is 1. The van der Waals surface area contributed by atoms with Crippen LogP contribution in [0.5, 0.6) is 0 Å². The molecule has 2 aliphatic rings. The molecule has 0 amide bonds. The van der Waals surface area contributed by atoms with E-state index in [9.17, 15) is 18.3 Å². The van der Waals surface area contributed by atoms with Gasteiger partial charge in [0.05, 0.1) is 11.7 Å². The van der Waals surface area contributed by atoms with Crippen LogP contribution in [0, 0.1) is 11.3 Å². The highest BCUT2D eigenvalue weighted by atomic mass is 32.2. The first-order valence-corrected chi connectivity index (χ1v) is 11.1. The summed E-state index contributed by atoms with van der Waals surface area (Å²) in [6, 6.07) is 8.55. The maximum absolute atomic E-state index is 12.0. The fraction of sp³-hybridized carbons (Fsp3) is 0.632. The molecule has 0 spiro atoms. The van der Waals surface area contributed by atoms with Crippen LogP contribution in [0.2, 0.25) is 0 Å². The molecule has 3 rings (SSSR count). The Hall–Kier alpha value is -1.44. The summed E-state index contributed by atoms with van der Waals surface area (Å²) in [6.45, 7) is 4.29. The number of hydrogen-bond donors (Lipinski definition) is 1. The second-order valence-electron chi connectivity index (χ2n) is 7.80. The lowest BCUT2D eigenvalue weighted by atomic mass is 9.81. The molecule has 0 radical (unpaired) electrons. The number of rotatable bonds is 7. The van der Waals surface area contributed by atoms with Crippen molar-refractivity contribution < 1.29 is 18.3 Å². The quantitative estimate of drug-likeness (QED) is 0.781. The number of aryl methyl sites for hydroxylation is 1. The number of fused-ring (bicyclic) bond motifs is 1. The van der Waals surface area contributed by atoms with E-state index >= 15 is 0 Å². The van der Waals surface area contributed by atoms with Crippen molar-refractivity contribution in [3.63, 3.8) is 0 Å². The Morgan fingerprint density at radius 3 is 2.38 bits per heavy atom. The largest absolute Gasteiger partial charge is 0.481 e. The standard InChI is InChI=1S/C19H28N2O4S/c1-3-4-5-15-6-8-16(9-7-15)10-20-11-17-12-21(26(2,24)25)14-19(17,13-20)18(22)23/h6-9,17H,3-5,10-14H2,1-2H3,(H,22,23)/t17?,19-/m1/s1. The van der Waals surface area contributed by atoms with E-state index in [0.717, 1.165) is 12.7 Å². The molecule has 1 unspecified atom stereocenters. The molecule has 6 nitrogen and oxygen atoms in total. The number of carboxylic acid groups (broad SMARTS) is 1. The van der Waals surface area contributed by atoms with E-state index in [1.807, 2.05) is 0 Å². The summed E-state index contributed by atoms with van der Waals surface area (Å²) in [5, 5.41) is 9.81. The predicted molar refractivity (Wildman–Crippen MR) is 100 cm³/mol. The van der Waals surface area contributed by atoms with Crippen molar-refractivity contribution in [3.05, 3.63) is 35.4 Å². The average Bonchev–Trinajstić information content (AvgIpc) is 3.09. The maximum atomic E-state index is 12.0. The highest BCUT2D eigenvalue weighted by molar-refractivity contribution is 7.88. The second-order valence-corrected chi connectivity index (χ2v) is 9.79. The third-order valence-electron chi connectivity index (χ3n) is 5.79. The molecule has 1 aromatic rings. The SMILES string of the molecule is CCCCc1ccc(CN2CC3CN(S(C)(=O)=O)C[C@]3(C(=O)O)C2)cc1. The highest BCUT2D eigenvalue weighted by Gasteiger charge is 2.58. The van der Waals surface area contributed by atoms with Crippen LogP contribution in [0.25, 0.3) is 0 Å². The summed E-state index contributed by atoms with van der Waals surface area (Å²) < 4.78 is 25.0. The van der Waals surface area contributed by atoms with Crippen LogP contribution in [0.15, 0.2) is 24.3 Å². The van der Waals surface area contributed by atoms with Crippen LogP contribution in [0.4, 0.5) is 0 Å². The highest BCUT2D eigenvalue weighted by Crippen LogP contribution is 2.44. The van der Waals surface area contributed by atoms with Crippen molar-refractivity contribution in [3.8, 4) is 0 Å². The molecular weight excluding hydrogens is 352 g/mol. The summed E-state index contributed by atoms with van der Waals surface area (Å²) in [5.74, 6) is -1.04. The van der Waals surface area contributed by atoms with Gasteiger partial charge in [-0.15, -0.1) is 0 Å². The lowest BCUT2D eigenvalue weighted by Crippen LogP contribution is -2.41. The van der Waals surface area contributed by atoms with Crippen molar-refractivity contribution >= 4 is 16.0 Å². The molecule has 144 valence electrons. The molecule has 2 saturated heterocycles. The van der Waals surface area contributed by atoms with Gasteiger partial charge in [-0.3, -0.25) is 9.69 Å². The lowest BCUT2D eigenvalue weighted by Gasteiger charge is -2.24. The van der Waals surface area contributed by atoms with Gasteiger partial charge in [0.1, 0.15) is 0 Å². The lowest BCUT2D eigenvalue weighted by molar-refractivity contribution is -0.148. The zero-order valence-electron chi connectivity index (χ0n) is 15.5. The van der Waals surface area contributed by atoms with E-state index in [1.165, 1.54) is 28.3 Å². The third-order valence-corrected chi connectivity index (χ3v) is 7.01. The van der Waals surface area contributed by atoms with E-state index < -0.39 is 21.4 Å². The zero-order chi connectivity index (χ0) is 18.9. The first-order chi connectivity index (χ1) is 12.2. The van der Waals surface area contributed by atoms with Crippen LogP contribution in [-0.4, -0.2) is 61.1 Å². The van der Waals surface area contributed by atoms with Gasteiger partial charge >= 0.3 is 5.97 Å². The molecule has 0 saturated carbocycles. The van der Waals surface area contributed by atoms with E-state index in [-0.39, 0.29) is 12.5 Å². The molecule has 0 bridgehead atoms. The predicted octanol–water partition coefficient (Wildman–Crippen LogP) is 1.81. The number of aliphatic carboxylic acids is 1. The summed E-state index contributed by atoms with van der Waals surface area (Å²) >= 11 is 0. The minimum atomic E-state index is -3.35. The molecule has 2 aliphatic heterocycles. The molecule has 7 heteroatoms. The second kappa shape index (κ2) is 7.29. The number of nitrogens with zero attached hydrogens (tertiary/aromatic N) is 2. The van der Waals surface area contributed by atoms with Gasteiger partial charge < -0.3 is 5.11 Å². The summed E-state index contributed by atoms with van der Waals surface area (Å²) in [4.78, 5) is 14.1.